The first-order chi connectivity index (χ1) is 15.8. The van der Waals surface area contributed by atoms with Crippen molar-refractivity contribution in [2.45, 2.75) is 25.0 Å². The van der Waals surface area contributed by atoms with Gasteiger partial charge >= 0.3 is 5.57 Å². The summed E-state index contributed by atoms with van der Waals surface area (Å²) in [7, 11) is 0. The van der Waals surface area contributed by atoms with E-state index in [2.05, 4.69) is 36.5 Å². The maximum absolute atomic E-state index is 13.0. The topological polar surface area (TPSA) is 81.9 Å². The van der Waals surface area contributed by atoms with Crippen LogP contribution in [0.3, 0.4) is 0 Å². The lowest BCUT2D eigenvalue weighted by Crippen LogP contribution is -2.16. The molecule has 1 saturated carbocycles. The number of anilines is 1. The Labute approximate surface area is 192 Å². The zero-order valence-electron chi connectivity index (χ0n) is 17.4. The van der Waals surface area contributed by atoms with Gasteiger partial charge in [-0.3, -0.25) is 4.79 Å². The average Bonchev–Trinajstić information content (AvgIpc) is 3.35. The van der Waals surface area contributed by atoms with Crippen LogP contribution in [0.2, 0.25) is 0 Å². The van der Waals surface area contributed by atoms with E-state index in [0.29, 0.717) is 28.7 Å². The molecular formula is C23H18ClF2N5O2. The molecule has 10 heteroatoms. The quantitative estimate of drug-likeness (QED) is 0.377. The minimum Gasteiger partial charge on any atom is -0.420 e. The molecule has 0 radical (unpaired) electrons. The van der Waals surface area contributed by atoms with E-state index in [0.717, 1.165) is 23.1 Å². The SMILES string of the molecule is C[C@@H]1C[C@H]1n1cnc2cc(C(=O)Nc3ccc(OC(F)(F)Cl)cc3)cc(-c3cncnc3)c21. The Bertz CT molecular complexity index is 1320. The van der Waals surface area contributed by atoms with Gasteiger partial charge in [0.25, 0.3) is 5.91 Å². The van der Waals surface area contributed by atoms with Gasteiger partial charge in [-0.05, 0) is 48.7 Å². The first-order valence-electron chi connectivity index (χ1n) is 10.2. The molecule has 0 aliphatic heterocycles. The monoisotopic (exact) mass is 469 g/mol. The highest BCUT2D eigenvalue weighted by Gasteiger charge is 2.36. The number of aromatic nitrogens is 4. The van der Waals surface area contributed by atoms with Gasteiger partial charge in [0.1, 0.15) is 12.1 Å². The van der Waals surface area contributed by atoms with Crippen LogP contribution >= 0.6 is 11.6 Å². The maximum Gasteiger partial charge on any atom is 0.487 e. The number of hydrogen-bond acceptors (Lipinski definition) is 5. The van der Waals surface area contributed by atoms with E-state index < -0.39 is 5.57 Å². The number of rotatable bonds is 6. The molecule has 2 aromatic heterocycles. The molecule has 0 unspecified atom stereocenters. The Morgan fingerprint density at radius 3 is 2.55 bits per heavy atom. The number of alkyl halides is 3. The molecule has 2 atom stereocenters. The normalized spacial score (nSPS) is 17.7. The van der Waals surface area contributed by atoms with Crippen LogP contribution in [0.1, 0.15) is 29.7 Å². The van der Waals surface area contributed by atoms with Crippen molar-refractivity contribution in [3.63, 3.8) is 0 Å². The third kappa shape index (κ3) is 4.49. The minimum absolute atomic E-state index is 0.124. The van der Waals surface area contributed by atoms with E-state index >= 15 is 0 Å². The van der Waals surface area contributed by atoms with Crippen molar-refractivity contribution in [2.24, 2.45) is 5.92 Å². The van der Waals surface area contributed by atoms with Crippen LogP contribution in [0.15, 0.2) is 61.4 Å². The molecule has 7 nitrogen and oxygen atoms in total. The molecule has 0 bridgehead atoms. The van der Waals surface area contributed by atoms with Gasteiger partial charge in [0, 0.05) is 52.4 Å². The largest absolute Gasteiger partial charge is 0.487 e. The predicted octanol–water partition coefficient (Wildman–Crippen LogP) is 5.49. The summed E-state index contributed by atoms with van der Waals surface area (Å²) in [6.45, 7) is 2.19. The first kappa shape index (κ1) is 21.3. The average molecular weight is 470 g/mol. The second kappa shape index (κ2) is 8.08. The number of halogens is 3. The van der Waals surface area contributed by atoms with Crippen molar-refractivity contribution in [3.05, 3.63) is 67.0 Å². The Morgan fingerprint density at radius 1 is 1.21 bits per heavy atom. The second-order valence-corrected chi connectivity index (χ2v) is 8.42. The fourth-order valence-electron chi connectivity index (χ4n) is 3.85. The second-order valence-electron chi connectivity index (χ2n) is 7.98. The van der Waals surface area contributed by atoms with Crippen LogP contribution in [0.5, 0.6) is 5.75 Å². The molecule has 2 aromatic carbocycles. The summed E-state index contributed by atoms with van der Waals surface area (Å²) >= 11 is 4.78. The van der Waals surface area contributed by atoms with Crippen LogP contribution in [-0.2, 0) is 0 Å². The van der Waals surface area contributed by atoms with Gasteiger partial charge in [-0.25, -0.2) is 15.0 Å². The fourth-order valence-corrected chi connectivity index (χ4v) is 3.93. The van der Waals surface area contributed by atoms with E-state index in [1.807, 2.05) is 0 Å². The van der Waals surface area contributed by atoms with Crippen LogP contribution in [0, 0.1) is 5.92 Å². The van der Waals surface area contributed by atoms with Crippen LogP contribution < -0.4 is 10.1 Å². The summed E-state index contributed by atoms with van der Waals surface area (Å²) in [5.74, 6) is 0.0669. The zero-order chi connectivity index (χ0) is 23.2. The molecule has 33 heavy (non-hydrogen) atoms. The molecule has 1 amide bonds. The predicted molar refractivity (Wildman–Crippen MR) is 119 cm³/mol. The Morgan fingerprint density at radius 2 is 1.91 bits per heavy atom. The molecule has 2 heterocycles. The van der Waals surface area contributed by atoms with Gasteiger partial charge in [-0.1, -0.05) is 6.92 Å². The Balaban J connectivity index is 1.48. The standard InChI is InChI=1S/C23H18ClF2N5O2/c1-13-6-20(13)31-12-29-19-8-14(7-18(21(19)31)15-9-27-11-28-10-15)22(32)30-16-2-4-17(5-3-16)33-23(24,25)26/h2-5,7-13,20H,6H2,1H3,(H,30,32)/t13-,20-/m1/s1. The zero-order valence-corrected chi connectivity index (χ0v) is 18.1. The number of benzene rings is 2. The Hall–Kier alpha value is -3.59. The number of ether oxygens (including phenoxy) is 1. The number of fused-ring (bicyclic) bond motifs is 1. The van der Waals surface area contributed by atoms with Crippen LogP contribution in [0.4, 0.5) is 14.5 Å². The highest BCUT2D eigenvalue weighted by molar-refractivity contribution is 6.20. The summed E-state index contributed by atoms with van der Waals surface area (Å²) in [6, 6.07) is 9.37. The fraction of sp³-hybridized carbons (Fsp3) is 0.217. The number of imidazole rings is 1. The van der Waals surface area contributed by atoms with E-state index in [4.69, 9.17) is 11.6 Å². The van der Waals surface area contributed by atoms with Gasteiger partial charge in [-0.2, -0.15) is 0 Å². The molecule has 1 fully saturated rings. The minimum atomic E-state index is -3.81. The van der Waals surface area contributed by atoms with Crippen molar-refractivity contribution in [1.29, 1.82) is 0 Å². The summed E-state index contributed by atoms with van der Waals surface area (Å²) < 4.78 is 32.0. The highest BCUT2D eigenvalue weighted by Crippen LogP contribution is 2.45. The molecule has 1 aliphatic carbocycles. The third-order valence-corrected chi connectivity index (χ3v) is 5.65. The summed E-state index contributed by atoms with van der Waals surface area (Å²) in [6.07, 6.45) is 7.73. The molecule has 1 N–H and O–H groups in total. The summed E-state index contributed by atoms with van der Waals surface area (Å²) in [5, 5.41) is 2.76. The maximum atomic E-state index is 13.0. The third-order valence-electron chi connectivity index (χ3n) is 5.57. The van der Waals surface area contributed by atoms with E-state index in [1.54, 1.807) is 30.9 Å². The summed E-state index contributed by atoms with van der Waals surface area (Å²) in [5.41, 5.74) is 0.196. The van der Waals surface area contributed by atoms with Crippen molar-refractivity contribution in [2.75, 3.05) is 5.32 Å². The van der Waals surface area contributed by atoms with Gasteiger partial charge < -0.3 is 14.6 Å². The number of hydrogen-bond donors (Lipinski definition) is 1. The molecular weight excluding hydrogens is 452 g/mol. The lowest BCUT2D eigenvalue weighted by Gasteiger charge is -2.12. The van der Waals surface area contributed by atoms with Gasteiger partial charge in [0.05, 0.1) is 17.4 Å². The van der Waals surface area contributed by atoms with Crippen molar-refractivity contribution in [1.82, 2.24) is 19.5 Å². The lowest BCUT2D eigenvalue weighted by molar-refractivity contribution is -0.0964. The smallest absolute Gasteiger partial charge is 0.420 e. The Kier molecular flexibility index (Phi) is 5.20. The van der Waals surface area contributed by atoms with Gasteiger partial charge in [0.15, 0.2) is 0 Å². The molecule has 0 saturated heterocycles. The van der Waals surface area contributed by atoms with Crippen molar-refractivity contribution >= 4 is 34.2 Å². The number of amides is 1. The van der Waals surface area contributed by atoms with Crippen molar-refractivity contribution in [3.8, 4) is 16.9 Å². The number of nitrogens with zero attached hydrogens (tertiary/aromatic N) is 4. The number of nitrogens with one attached hydrogen (secondary N) is 1. The molecule has 168 valence electrons. The molecule has 5 rings (SSSR count). The highest BCUT2D eigenvalue weighted by atomic mass is 35.5. The summed E-state index contributed by atoms with van der Waals surface area (Å²) in [4.78, 5) is 25.8. The van der Waals surface area contributed by atoms with E-state index in [-0.39, 0.29) is 11.7 Å². The van der Waals surface area contributed by atoms with E-state index in [9.17, 15) is 13.6 Å². The number of carbonyl (C=O) groups excluding carboxylic acids is 1. The number of carbonyl (C=O) groups is 1. The molecule has 0 spiro atoms. The van der Waals surface area contributed by atoms with Crippen LogP contribution in [-0.4, -0.2) is 31.0 Å². The van der Waals surface area contributed by atoms with Crippen molar-refractivity contribution < 1.29 is 18.3 Å². The molecule has 4 aromatic rings. The van der Waals surface area contributed by atoms with E-state index in [1.165, 1.54) is 30.6 Å². The van der Waals surface area contributed by atoms with Gasteiger partial charge in [-0.15, -0.1) is 8.78 Å². The lowest BCUT2D eigenvalue weighted by atomic mass is 10.0. The molecule has 1 aliphatic rings. The van der Waals surface area contributed by atoms with Gasteiger partial charge in [0.2, 0.25) is 0 Å². The van der Waals surface area contributed by atoms with Crippen LogP contribution in [0.25, 0.3) is 22.2 Å². The first-order valence-corrected chi connectivity index (χ1v) is 10.6.